The average molecular weight is 364 g/mol. The van der Waals surface area contributed by atoms with Crippen LogP contribution in [0.2, 0.25) is 0 Å². The number of aryl methyl sites for hydroxylation is 1. The van der Waals surface area contributed by atoms with Crippen LogP contribution in [0.15, 0.2) is 54.6 Å². The van der Waals surface area contributed by atoms with E-state index in [1.54, 1.807) is 6.07 Å². The molecule has 0 fully saturated rings. The summed E-state index contributed by atoms with van der Waals surface area (Å²) in [6.45, 7) is 2.14. The molecule has 3 aromatic rings. The number of rotatable bonds is 6. The Bertz CT molecular complexity index is 952. The van der Waals surface area contributed by atoms with Crippen molar-refractivity contribution in [3.8, 4) is 0 Å². The van der Waals surface area contributed by atoms with Crippen LogP contribution in [0.5, 0.6) is 0 Å². The van der Waals surface area contributed by atoms with Crippen molar-refractivity contribution in [1.82, 2.24) is 20.3 Å². The summed E-state index contributed by atoms with van der Waals surface area (Å²) in [5.41, 5.74) is 8.60. The van der Waals surface area contributed by atoms with Crippen LogP contribution in [0, 0.1) is 6.92 Å². The number of nitrogens with two attached hydrogens (primary N) is 1. The number of carbonyl (C=O) groups is 2. The molecule has 0 saturated carbocycles. The SMILES string of the molecule is Cc1cccc(NC(=O)Cn2nnc(C(=O)NCc3ccccc3)c2N)c1. The highest BCUT2D eigenvalue weighted by Gasteiger charge is 2.18. The van der Waals surface area contributed by atoms with Crippen molar-refractivity contribution in [1.29, 1.82) is 0 Å². The molecule has 1 aromatic heterocycles. The molecule has 2 amide bonds. The summed E-state index contributed by atoms with van der Waals surface area (Å²) in [4.78, 5) is 24.4. The minimum Gasteiger partial charge on any atom is -0.382 e. The summed E-state index contributed by atoms with van der Waals surface area (Å²) >= 11 is 0. The summed E-state index contributed by atoms with van der Waals surface area (Å²) in [6.07, 6.45) is 0. The molecule has 0 unspecified atom stereocenters. The smallest absolute Gasteiger partial charge is 0.275 e. The van der Waals surface area contributed by atoms with Crippen LogP contribution in [-0.2, 0) is 17.9 Å². The predicted molar refractivity (Wildman–Crippen MR) is 102 cm³/mol. The topological polar surface area (TPSA) is 115 Å². The zero-order chi connectivity index (χ0) is 19.2. The normalized spacial score (nSPS) is 10.4. The third-order valence-corrected chi connectivity index (χ3v) is 3.88. The van der Waals surface area contributed by atoms with E-state index in [0.717, 1.165) is 11.1 Å². The Labute approximate surface area is 156 Å². The predicted octanol–water partition coefficient (Wildman–Crippen LogP) is 1.74. The van der Waals surface area contributed by atoms with Crippen molar-refractivity contribution in [3.63, 3.8) is 0 Å². The number of benzene rings is 2. The van der Waals surface area contributed by atoms with Gasteiger partial charge >= 0.3 is 0 Å². The van der Waals surface area contributed by atoms with Gasteiger partial charge < -0.3 is 16.4 Å². The minimum absolute atomic E-state index is 0.00529. The first-order chi connectivity index (χ1) is 13.0. The number of hydrogen-bond acceptors (Lipinski definition) is 5. The van der Waals surface area contributed by atoms with Crippen molar-refractivity contribution in [2.75, 3.05) is 11.1 Å². The van der Waals surface area contributed by atoms with E-state index in [1.165, 1.54) is 4.68 Å². The van der Waals surface area contributed by atoms with E-state index in [2.05, 4.69) is 20.9 Å². The molecule has 0 bridgehead atoms. The Balaban J connectivity index is 1.60. The molecular weight excluding hydrogens is 344 g/mol. The molecule has 27 heavy (non-hydrogen) atoms. The van der Waals surface area contributed by atoms with E-state index in [1.807, 2.05) is 55.5 Å². The van der Waals surface area contributed by atoms with Gasteiger partial charge in [-0.15, -0.1) is 5.10 Å². The van der Waals surface area contributed by atoms with Gasteiger partial charge in [-0.05, 0) is 30.2 Å². The first-order valence-corrected chi connectivity index (χ1v) is 8.40. The Morgan fingerprint density at radius 1 is 1.11 bits per heavy atom. The molecule has 2 aromatic carbocycles. The van der Waals surface area contributed by atoms with E-state index in [9.17, 15) is 9.59 Å². The van der Waals surface area contributed by atoms with Crippen molar-refractivity contribution in [2.45, 2.75) is 20.0 Å². The minimum atomic E-state index is -0.443. The van der Waals surface area contributed by atoms with Gasteiger partial charge in [0.25, 0.3) is 5.91 Å². The third kappa shape index (κ3) is 4.69. The Morgan fingerprint density at radius 3 is 2.63 bits per heavy atom. The zero-order valence-corrected chi connectivity index (χ0v) is 14.8. The lowest BCUT2D eigenvalue weighted by molar-refractivity contribution is -0.116. The number of amides is 2. The Morgan fingerprint density at radius 2 is 1.89 bits per heavy atom. The van der Waals surface area contributed by atoms with E-state index in [-0.39, 0.29) is 24.0 Å². The summed E-state index contributed by atoms with van der Waals surface area (Å²) in [5, 5.41) is 13.1. The fourth-order valence-electron chi connectivity index (χ4n) is 2.52. The second-order valence-electron chi connectivity index (χ2n) is 6.07. The number of nitrogen functional groups attached to an aromatic ring is 1. The lowest BCUT2D eigenvalue weighted by Gasteiger charge is -2.07. The van der Waals surface area contributed by atoms with Crippen molar-refractivity contribution in [3.05, 3.63) is 71.4 Å². The number of anilines is 2. The Hall–Kier alpha value is -3.68. The van der Waals surface area contributed by atoms with Crippen LogP contribution in [0.1, 0.15) is 21.6 Å². The molecule has 0 aliphatic heterocycles. The lowest BCUT2D eigenvalue weighted by atomic mass is 10.2. The van der Waals surface area contributed by atoms with Crippen molar-refractivity contribution < 1.29 is 9.59 Å². The Kier molecular flexibility index (Phi) is 5.46. The molecule has 3 rings (SSSR count). The van der Waals surface area contributed by atoms with Gasteiger partial charge in [0.2, 0.25) is 5.91 Å². The molecule has 8 heteroatoms. The van der Waals surface area contributed by atoms with E-state index in [4.69, 9.17) is 5.73 Å². The van der Waals surface area contributed by atoms with Gasteiger partial charge in [-0.2, -0.15) is 0 Å². The van der Waals surface area contributed by atoms with Gasteiger partial charge in [0, 0.05) is 12.2 Å². The highest BCUT2D eigenvalue weighted by atomic mass is 16.2. The third-order valence-electron chi connectivity index (χ3n) is 3.88. The van der Waals surface area contributed by atoms with Gasteiger partial charge in [-0.1, -0.05) is 47.7 Å². The molecule has 0 spiro atoms. The van der Waals surface area contributed by atoms with E-state index < -0.39 is 5.91 Å². The number of hydrogen-bond donors (Lipinski definition) is 3. The lowest BCUT2D eigenvalue weighted by Crippen LogP contribution is -2.25. The highest BCUT2D eigenvalue weighted by molar-refractivity contribution is 5.96. The summed E-state index contributed by atoms with van der Waals surface area (Å²) in [7, 11) is 0. The largest absolute Gasteiger partial charge is 0.382 e. The molecule has 0 radical (unpaired) electrons. The fourth-order valence-corrected chi connectivity index (χ4v) is 2.52. The fraction of sp³-hybridized carbons (Fsp3) is 0.158. The van der Waals surface area contributed by atoms with Crippen LogP contribution in [0.4, 0.5) is 11.5 Å². The van der Waals surface area contributed by atoms with Gasteiger partial charge in [-0.3, -0.25) is 9.59 Å². The summed E-state index contributed by atoms with van der Waals surface area (Å²) in [5.74, 6) is -0.713. The number of nitrogens with one attached hydrogen (secondary N) is 2. The van der Waals surface area contributed by atoms with Crippen LogP contribution in [0.25, 0.3) is 0 Å². The van der Waals surface area contributed by atoms with Crippen LogP contribution >= 0.6 is 0 Å². The molecule has 0 saturated heterocycles. The molecule has 8 nitrogen and oxygen atoms in total. The molecule has 1 heterocycles. The summed E-state index contributed by atoms with van der Waals surface area (Å²) in [6, 6.07) is 16.9. The maximum Gasteiger partial charge on any atom is 0.275 e. The second kappa shape index (κ2) is 8.13. The number of aromatic nitrogens is 3. The zero-order valence-electron chi connectivity index (χ0n) is 14.8. The molecule has 0 aliphatic rings. The van der Waals surface area contributed by atoms with Crippen LogP contribution in [-0.4, -0.2) is 26.8 Å². The van der Waals surface area contributed by atoms with Gasteiger partial charge in [0.15, 0.2) is 11.5 Å². The maximum absolute atomic E-state index is 12.3. The second-order valence-corrected chi connectivity index (χ2v) is 6.07. The van der Waals surface area contributed by atoms with E-state index >= 15 is 0 Å². The maximum atomic E-state index is 12.3. The van der Waals surface area contributed by atoms with E-state index in [0.29, 0.717) is 12.2 Å². The van der Waals surface area contributed by atoms with Crippen molar-refractivity contribution >= 4 is 23.3 Å². The van der Waals surface area contributed by atoms with Crippen LogP contribution in [0.3, 0.4) is 0 Å². The van der Waals surface area contributed by atoms with Crippen LogP contribution < -0.4 is 16.4 Å². The van der Waals surface area contributed by atoms with Gasteiger partial charge in [0.1, 0.15) is 6.54 Å². The molecule has 0 aliphatic carbocycles. The molecule has 138 valence electrons. The quantitative estimate of drug-likeness (QED) is 0.616. The average Bonchev–Trinajstić information content (AvgIpc) is 3.01. The molecule has 0 atom stereocenters. The first-order valence-electron chi connectivity index (χ1n) is 8.40. The first kappa shape index (κ1) is 18.1. The number of nitrogens with zero attached hydrogens (tertiary/aromatic N) is 3. The molecule has 4 N–H and O–H groups in total. The van der Waals surface area contributed by atoms with Gasteiger partial charge in [0.05, 0.1) is 0 Å². The molecular formula is C19H20N6O2. The highest BCUT2D eigenvalue weighted by Crippen LogP contribution is 2.11. The van der Waals surface area contributed by atoms with Gasteiger partial charge in [-0.25, -0.2) is 4.68 Å². The van der Waals surface area contributed by atoms with Crippen molar-refractivity contribution in [2.24, 2.45) is 0 Å². The number of carbonyl (C=O) groups excluding carboxylic acids is 2. The standard InChI is InChI=1S/C19H20N6O2/c1-13-6-5-9-15(10-13)22-16(26)12-25-18(20)17(23-24-25)19(27)21-11-14-7-3-2-4-8-14/h2-10H,11-12,20H2,1H3,(H,21,27)(H,22,26). The summed E-state index contributed by atoms with van der Waals surface area (Å²) < 4.78 is 1.20. The monoisotopic (exact) mass is 364 g/mol.